The van der Waals surface area contributed by atoms with Gasteiger partial charge in [0.25, 0.3) is 0 Å². The minimum Gasteiger partial charge on any atom is -0.474 e. The van der Waals surface area contributed by atoms with E-state index in [1.807, 2.05) is 0 Å². The summed E-state index contributed by atoms with van der Waals surface area (Å²) in [6, 6.07) is 1.34. The molecular weight excluding hydrogens is 235 g/mol. The smallest absolute Gasteiger partial charge is 0.451 e. The van der Waals surface area contributed by atoms with Crippen molar-refractivity contribution in [1.29, 1.82) is 0 Å². The second-order valence-electron chi connectivity index (χ2n) is 3.78. The Labute approximate surface area is 96.2 Å². The van der Waals surface area contributed by atoms with Gasteiger partial charge in [-0.2, -0.15) is 18.2 Å². The number of hydrogen-bond donors (Lipinski definition) is 1. The number of ether oxygens (including phenoxy) is 1. The molecule has 0 spiro atoms. The molecule has 7 heteroatoms. The van der Waals surface area contributed by atoms with Crippen molar-refractivity contribution in [1.82, 2.24) is 15.3 Å². The minimum atomic E-state index is -4.53. The first-order valence-corrected chi connectivity index (χ1v) is 5.33. The van der Waals surface area contributed by atoms with Crippen LogP contribution in [0.25, 0.3) is 0 Å². The summed E-state index contributed by atoms with van der Waals surface area (Å²) in [7, 11) is 0. The van der Waals surface area contributed by atoms with E-state index >= 15 is 0 Å². The van der Waals surface area contributed by atoms with E-state index in [9.17, 15) is 13.2 Å². The van der Waals surface area contributed by atoms with Gasteiger partial charge in [0.15, 0.2) is 0 Å². The van der Waals surface area contributed by atoms with Crippen molar-refractivity contribution in [2.45, 2.75) is 25.1 Å². The summed E-state index contributed by atoms with van der Waals surface area (Å²) in [6.07, 6.45) is -2.01. The Morgan fingerprint density at radius 3 is 2.65 bits per heavy atom. The first-order chi connectivity index (χ1) is 8.05. The molecule has 0 unspecified atom stereocenters. The van der Waals surface area contributed by atoms with Gasteiger partial charge in [0.1, 0.15) is 6.10 Å². The maximum absolute atomic E-state index is 12.4. The Morgan fingerprint density at radius 1 is 1.29 bits per heavy atom. The summed E-state index contributed by atoms with van der Waals surface area (Å²) in [5.74, 6) is -1.18. The Bertz CT molecular complexity index is 377. The number of piperidine rings is 1. The lowest BCUT2D eigenvalue weighted by Gasteiger charge is -2.23. The van der Waals surface area contributed by atoms with Crippen LogP contribution in [0.15, 0.2) is 12.3 Å². The second-order valence-corrected chi connectivity index (χ2v) is 3.78. The highest BCUT2D eigenvalue weighted by atomic mass is 19.4. The number of nitrogens with one attached hydrogen (secondary N) is 1. The average molecular weight is 247 g/mol. The minimum absolute atomic E-state index is 0.0146. The zero-order chi connectivity index (χ0) is 12.3. The normalized spacial score (nSPS) is 18.1. The van der Waals surface area contributed by atoms with Crippen LogP contribution in [-0.2, 0) is 6.18 Å². The third-order valence-electron chi connectivity index (χ3n) is 2.46. The van der Waals surface area contributed by atoms with Crippen LogP contribution < -0.4 is 10.1 Å². The molecule has 1 aliphatic rings. The van der Waals surface area contributed by atoms with Gasteiger partial charge >= 0.3 is 6.18 Å². The molecule has 0 atom stereocenters. The van der Waals surface area contributed by atoms with Gasteiger partial charge in [0.2, 0.25) is 11.7 Å². The summed E-state index contributed by atoms with van der Waals surface area (Å²) < 4.78 is 42.5. The van der Waals surface area contributed by atoms with E-state index in [1.165, 1.54) is 6.07 Å². The molecule has 1 aromatic heterocycles. The first kappa shape index (κ1) is 12.1. The molecule has 2 rings (SSSR count). The van der Waals surface area contributed by atoms with Gasteiger partial charge in [-0.05, 0) is 25.9 Å². The summed E-state index contributed by atoms with van der Waals surface area (Å²) in [4.78, 5) is 6.53. The maximum atomic E-state index is 12.4. The Morgan fingerprint density at radius 2 is 2.00 bits per heavy atom. The molecule has 1 aliphatic heterocycles. The van der Waals surface area contributed by atoms with Gasteiger partial charge in [-0.1, -0.05) is 0 Å². The third kappa shape index (κ3) is 3.29. The lowest BCUT2D eigenvalue weighted by atomic mass is 10.1. The van der Waals surface area contributed by atoms with Crippen molar-refractivity contribution >= 4 is 0 Å². The SMILES string of the molecule is FC(F)(F)c1nccc(OC2CCNCC2)n1. The number of halogens is 3. The van der Waals surface area contributed by atoms with Crippen LogP contribution in [0, 0.1) is 0 Å². The molecular formula is C10H12F3N3O. The number of nitrogens with zero attached hydrogens (tertiary/aromatic N) is 2. The Hall–Kier alpha value is -1.37. The van der Waals surface area contributed by atoms with Crippen LogP contribution in [0.3, 0.4) is 0 Å². The lowest BCUT2D eigenvalue weighted by Crippen LogP contribution is -2.34. The summed E-state index contributed by atoms with van der Waals surface area (Å²) in [5.41, 5.74) is 0. The standard InChI is InChI=1S/C10H12F3N3O/c11-10(12,13)9-15-6-3-8(16-9)17-7-1-4-14-5-2-7/h3,6-7,14H,1-2,4-5H2. The fraction of sp³-hybridized carbons (Fsp3) is 0.600. The molecule has 0 aromatic carbocycles. The molecule has 1 aromatic rings. The monoisotopic (exact) mass is 247 g/mol. The van der Waals surface area contributed by atoms with E-state index < -0.39 is 12.0 Å². The largest absolute Gasteiger partial charge is 0.474 e. The van der Waals surface area contributed by atoms with Gasteiger partial charge in [0, 0.05) is 12.3 Å². The van der Waals surface area contributed by atoms with Gasteiger partial charge in [0.05, 0.1) is 0 Å². The topological polar surface area (TPSA) is 47.0 Å². The Balaban J connectivity index is 2.05. The van der Waals surface area contributed by atoms with Crippen LogP contribution in [0.2, 0.25) is 0 Å². The zero-order valence-corrected chi connectivity index (χ0v) is 9.00. The van der Waals surface area contributed by atoms with Crippen molar-refractivity contribution in [2.75, 3.05) is 13.1 Å². The molecule has 0 saturated carbocycles. The molecule has 2 heterocycles. The van der Waals surface area contributed by atoms with E-state index in [0.717, 1.165) is 32.1 Å². The highest BCUT2D eigenvalue weighted by Gasteiger charge is 2.35. The number of aromatic nitrogens is 2. The van der Waals surface area contributed by atoms with Crippen molar-refractivity contribution in [3.8, 4) is 5.88 Å². The molecule has 1 N–H and O–H groups in total. The van der Waals surface area contributed by atoms with Crippen molar-refractivity contribution in [3.05, 3.63) is 18.1 Å². The van der Waals surface area contributed by atoms with Gasteiger partial charge in [-0.15, -0.1) is 0 Å². The molecule has 17 heavy (non-hydrogen) atoms. The molecule has 94 valence electrons. The number of hydrogen-bond acceptors (Lipinski definition) is 4. The fourth-order valence-electron chi connectivity index (χ4n) is 1.63. The summed E-state index contributed by atoms with van der Waals surface area (Å²) >= 11 is 0. The van der Waals surface area contributed by atoms with E-state index in [-0.39, 0.29) is 12.0 Å². The van der Waals surface area contributed by atoms with Gasteiger partial charge < -0.3 is 10.1 Å². The molecule has 0 bridgehead atoms. The summed E-state index contributed by atoms with van der Waals surface area (Å²) in [6.45, 7) is 1.61. The summed E-state index contributed by atoms with van der Waals surface area (Å²) in [5, 5.41) is 3.14. The number of alkyl halides is 3. The number of rotatable bonds is 2. The molecule has 0 aliphatic carbocycles. The predicted molar refractivity (Wildman–Crippen MR) is 53.6 cm³/mol. The highest BCUT2D eigenvalue weighted by Crippen LogP contribution is 2.27. The van der Waals surface area contributed by atoms with E-state index in [0.29, 0.717) is 0 Å². The molecule has 1 fully saturated rings. The quantitative estimate of drug-likeness (QED) is 0.862. The van der Waals surface area contributed by atoms with Crippen molar-refractivity contribution < 1.29 is 17.9 Å². The van der Waals surface area contributed by atoms with Crippen LogP contribution in [-0.4, -0.2) is 29.2 Å². The van der Waals surface area contributed by atoms with Crippen LogP contribution in [0.4, 0.5) is 13.2 Å². The van der Waals surface area contributed by atoms with Crippen LogP contribution in [0.1, 0.15) is 18.7 Å². The van der Waals surface area contributed by atoms with Gasteiger partial charge in [-0.25, -0.2) is 4.98 Å². The molecule has 0 amide bonds. The van der Waals surface area contributed by atoms with Crippen LogP contribution in [0.5, 0.6) is 5.88 Å². The Kier molecular flexibility index (Phi) is 3.46. The van der Waals surface area contributed by atoms with E-state index in [1.54, 1.807) is 0 Å². The second kappa shape index (κ2) is 4.87. The zero-order valence-electron chi connectivity index (χ0n) is 9.00. The highest BCUT2D eigenvalue weighted by molar-refractivity contribution is 5.10. The van der Waals surface area contributed by atoms with Gasteiger partial charge in [-0.3, -0.25) is 0 Å². The fourth-order valence-corrected chi connectivity index (χ4v) is 1.63. The van der Waals surface area contributed by atoms with E-state index in [4.69, 9.17) is 4.74 Å². The third-order valence-corrected chi connectivity index (χ3v) is 2.46. The van der Waals surface area contributed by atoms with E-state index in [2.05, 4.69) is 15.3 Å². The maximum Gasteiger partial charge on any atom is 0.451 e. The molecule has 1 saturated heterocycles. The lowest BCUT2D eigenvalue weighted by molar-refractivity contribution is -0.145. The molecule has 4 nitrogen and oxygen atoms in total. The van der Waals surface area contributed by atoms with Crippen LogP contribution >= 0.6 is 0 Å². The van der Waals surface area contributed by atoms with Crippen molar-refractivity contribution in [2.24, 2.45) is 0 Å². The first-order valence-electron chi connectivity index (χ1n) is 5.33. The average Bonchev–Trinajstić information content (AvgIpc) is 2.29. The van der Waals surface area contributed by atoms with Crippen molar-refractivity contribution in [3.63, 3.8) is 0 Å². The molecule has 0 radical (unpaired) electrons. The predicted octanol–water partition coefficient (Wildman–Crippen LogP) is 1.63.